The minimum Gasteiger partial charge on any atom is -0.548 e. The minimum atomic E-state index is -4.31. The Bertz CT molecular complexity index is 515. The van der Waals surface area contributed by atoms with Gasteiger partial charge in [-0.05, 0) is 0 Å². The number of nitrogens with two attached hydrogens (primary N) is 2. The molecule has 0 unspecified atom stereocenters. The van der Waals surface area contributed by atoms with Gasteiger partial charge in [-0.1, -0.05) is 0 Å². The van der Waals surface area contributed by atoms with Crippen LogP contribution in [0, 0.1) is 0 Å². The van der Waals surface area contributed by atoms with Gasteiger partial charge in [-0.3, -0.25) is 9.11 Å². The molecule has 0 bridgehead atoms. The number of carbonyl (C=O) groups excluding carboxylic acids is 2. The van der Waals surface area contributed by atoms with Crippen LogP contribution in [-0.2, 0) is 29.8 Å². The molecule has 0 heterocycles. The summed E-state index contributed by atoms with van der Waals surface area (Å²) in [6, 6.07) is -3.34. The quantitative estimate of drug-likeness (QED) is 0.181. The number of carboxylic acid groups (broad SMARTS) is 2. The summed E-state index contributed by atoms with van der Waals surface area (Å²) in [5.74, 6) is -5.46. The molecule has 0 aromatic carbocycles. The number of carbonyl (C=O) groups is 2. The number of rotatable bonds is 6. The van der Waals surface area contributed by atoms with Crippen LogP contribution in [0.1, 0.15) is 0 Å². The van der Waals surface area contributed by atoms with Gasteiger partial charge in [0, 0.05) is 0 Å². The van der Waals surface area contributed by atoms with Crippen molar-refractivity contribution in [3.8, 4) is 0 Å². The molecule has 6 N–H and O–H groups in total. The van der Waals surface area contributed by atoms with Gasteiger partial charge in [-0.2, -0.15) is 16.8 Å². The summed E-state index contributed by atoms with van der Waals surface area (Å²) in [7, 11) is -8.63. The molecule has 0 radical (unpaired) electrons. The van der Waals surface area contributed by atoms with Crippen molar-refractivity contribution in [1.29, 1.82) is 0 Å². The predicted octanol–water partition coefficient (Wildman–Crippen LogP) is -11.3. The molecule has 0 saturated heterocycles. The first-order valence-electron chi connectivity index (χ1n) is 4.99. The molecule has 24 heavy (non-hydrogen) atoms. The van der Waals surface area contributed by atoms with E-state index >= 15 is 0 Å². The third-order valence-electron chi connectivity index (χ3n) is 1.39. The van der Waals surface area contributed by atoms with Crippen LogP contribution < -0.4 is 80.8 Å². The van der Waals surface area contributed by atoms with Crippen molar-refractivity contribution in [3.63, 3.8) is 0 Å². The molecule has 0 aromatic heterocycles. The van der Waals surface area contributed by atoms with E-state index in [0.29, 0.717) is 0 Å². The average molecular weight is 410 g/mol. The summed E-state index contributed by atoms with van der Waals surface area (Å²) >= 11 is 0. The van der Waals surface area contributed by atoms with Crippen LogP contribution >= 0.6 is 0 Å². The maximum atomic E-state index is 9.93. The first kappa shape index (κ1) is 35.5. The zero-order valence-corrected chi connectivity index (χ0v) is 18.7. The molecule has 0 rings (SSSR count). The molecule has 0 fully saturated rings. The van der Waals surface area contributed by atoms with Crippen molar-refractivity contribution < 1.29 is 105 Å². The van der Waals surface area contributed by atoms with Gasteiger partial charge in [-0.25, -0.2) is 0 Å². The molecular weight excluding hydrogens is 394 g/mol. The van der Waals surface area contributed by atoms with E-state index in [9.17, 15) is 36.6 Å². The summed E-state index contributed by atoms with van der Waals surface area (Å²) < 4.78 is 55.8. The average Bonchev–Trinajstić information content (AvgIpc) is 2.27. The maximum absolute atomic E-state index is 9.93. The van der Waals surface area contributed by atoms with Crippen molar-refractivity contribution >= 4 is 32.2 Å². The molecule has 0 aromatic rings. The van der Waals surface area contributed by atoms with Crippen LogP contribution in [0.15, 0.2) is 13.2 Å². The third-order valence-corrected chi connectivity index (χ3v) is 2.95. The summed E-state index contributed by atoms with van der Waals surface area (Å²) in [6.45, 7) is 6.00. The Labute approximate surface area is 183 Å². The molecule has 0 saturated carbocycles. The molecule has 0 amide bonds. The normalized spacial score (nSPS) is 12.3. The van der Waals surface area contributed by atoms with E-state index in [-0.39, 0.29) is 59.1 Å². The zero-order chi connectivity index (χ0) is 18.7. The summed E-state index contributed by atoms with van der Waals surface area (Å²) in [5.41, 5.74) is 9.40. The van der Waals surface area contributed by atoms with E-state index in [1.165, 1.54) is 0 Å². The molecule has 0 aliphatic rings. The summed E-state index contributed by atoms with van der Waals surface area (Å²) in [5, 5.41) is 19.5. The van der Waals surface area contributed by atoms with Crippen molar-refractivity contribution in [2.24, 2.45) is 11.5 Å². The van der Waals surface area contributed by atoms with Crippen LogP contribution in [-0.4, -0.2) is 61.5 Å². The monoisotopic (exact) mass is 410 g/mol. The van der Waals surface area contributed by atoms with Gasteiger partial charge in [0.25, 0.3) is 20.2 Å². The molecule has 0 aliphatic heterocycles. The third kappa shape index (κ3) is 30.3. The van der Waals surface area contributed by atoms with E-state index in [4.69, 9.17) is 20.6 Å². The second-order valence-corrected chi connectivity index (χ2v) is 6.34. The topological polar surface area (TPSA) is 241 Å². The fourth-order valence-corrected chi connectivity index (χ4v) is 1.77. The van der Waals surface area contributed by atoms with E-state index in [0.717, 1.165) is 0 Å². The predicted molar refractivity (Wildman–Crippen MR) is 70.1 cm³/mol. The largest absolute Gasteiger partial charge is 1.00 e. The smallest absolute Gasteiger partial charge is 0.548 e. The number of hydrogen-bond donors (Lipinski definition) is 4. The fraction of sp³-hybridized carbons (Fsp3) is 0.500. The molecular formula is C8H16N2Na2O10S2. The number of hydrogen-bond acceptors (Lipinski definition) is 10. The van der Waals surface area contributed by atoms with Crippen molar-refractivity contribution in [1.82, 2.24) is 0 Å². The van der Waals surface area contributed by atoms with Crippen LogP contribution in [0.3, 0.4) is 0 Å². The van der Waals surface area contributed by atoms with Gasteiger partial charge in [-0.15, -0.1) is 13.2 Å². The Morgan fingerprint density at radius 3 is 1.04 bits per heavy atom. The van der Waals surface area contributed by atoms with Crippen LogP contribution in [0.4, 0.5) is 0 Å². The standard InChI is InChI=1S/2C3H7NO5S.C2H4.2Na/c2*4-2(3(5)6)1-10(7,8)9;1-2;;/h2*2H,1,4H2,(H,5,6)(H,7,8,9);1-2H2;;/q;;;2*+1/p-2/t2*2-;;;/m00.../s1. The van der Waals surface area contributed by atoms with Gasteiger partial charge < -0.3 is 31.3 Å². The fourth-order valence-electron chi connectivity index (χ4n) is 0.590. The van der Waals surface area contributed by atoms with Gasteiger partial charge in [0.15, 0.2) is 0 Å². The Morgan fingerprint density at radius 1 is 0.833 bits per heavy atom. The molecule has 0 aliphatic carbocycles. The van der Waals surface area contributed by atoms with Gasteiger partial charge in [0.2, 0.25) is 0 Å². The second-order valence-electron chi connectivity index (χ2n) is 3.35. The zero-order valence-electron chi connectivity index (χ0n) is 13.1. The van der Waals surface area contributed by atoms with Crippen LogP contribution in [0.25, 0.3) is 0 Å². The molecule has 2 atom stereocenters. The molecule has 12 nitrogen and oxygen atoms in total. The van der Waals surface area contributed by atoms with E-state index in [2.05, 4.69) is 13.2 Å². The van der Waals surface area contributed by atoms with Crippen molar-refractivity contribution in [3.05, 3.63) is 13.2 Å². The minimum absolute atomic E-state index is 0. The Balaban J connectivity index is -0.0000000843. The Kier molecular flexibility index (Phi) is 25.0. The molecule has 16 heteroatoms. The first-order chi connectivity index (χ1) is 9.65. The van der Waals surface area contributed by atoms with E-state index < -0.39 is 55.8 Å². The molecule has 0 spiro atoms. The van der Waals surface area contributed by atoms with Gasteiger partial charge >= 0.3 is 59.1 Å². The van der Waals surface area contributed by atoms with Gasteiger partial charge in [0.1, 0.15) is 0 Å². The van der Waals surface area contributed by atoms with Crippen LogP contribution in [0.5, 0.6) is 0 Å². The van der Waals surface area contributed by atoms with Gasteiger partial charge in [0.05, 0.1) is 35.5 Å². The van der Waals surface area contributed by atoms with Crippen molar-refractivity contribution in [2.75, 3.05) is 11.5 Å². The van der Waals surface area contributed by atoms with Crippen LogP contribution in [0.2, 0.25) is 0 Å². The summed E-state index contributed by atoms with van der Waals surface area (Å²) in [4.78, 5) is 19.5. The first-order valence-corrected chi connectivity index (χ1v) is 8.20. The number of aliphatic carboxylic acids is 2. The summed E-state index contributed by atoms with van der Waals surface area (Å²) in [6.07, 6.45) is 0. The number of carboxylic acids is 2. The Morgan fingerprint density at radius 2 is 1.00 bits per heavy atom. The molecule has 132 valence electrons. The SMILES string of the molecule is C=C.N[C@@H](CS(=O)(=O)O)C(=O)[O-].N[C@@H](CS(=O)(=O)O)C(=O)[O-].[Na+].[Na+]. The maximum Gasteiger partial charge on any atom is 1.00 e. The van der Waals surface area contributed by atoms with Crippen molar-refractivity contribution in [2.45, 2.75) is 12.1 Å². The van der Waals surface area contributed by atoms with E-state index in [1.807, 2.05) is 0 Å². The van der Waals surface area contributed by atoms with E-state index in [1.54, 1.807) is 0 Å². The second kappa shape index (κ2) is 16.9. The Hall–Kier alpha value is 0.420.